The van der Waals surface area contributed by atoms with E-state index in [1.165, 1.54) is 40.3 Å². The van der Waals surface area contributed by atoms with E-state index >= 15 is 0 Å². The fourth-order valence-corrected chi connectivity index (χ4v) is 3.90. The molecular formula is C23H28N4O8. The summed E-state index contributed by atoms with van der Waals surface area (Å²) < 4.78 is 9.77. The second kappa shape index (κ2) is 11.2. The lowest BCUT2D eigenvalue weighted by Crippen LogP contribution is -2.63. The van der Waals surface area contributed by atoms with E-state index in [1.807, 2.05) is 0 Å². The van der Waals surface area contributed by atoms with E-state index in [4.69, 9.17) is 9.47 Å². The van der Waals surface area contributed by atoms with Gasteiger partial charge in [-0.3, -0.25) is 49.2 Å². The van der Waals surface area contributed by atoms with Crippen LogP contribution >= 0.6 is 0 Å². The minimum atomic E-state index is -0.872. The number of esters is 2. The van der Waals surface area contributed by atoms with Gasteiger partial charge in [0.25, 0.3) is 0 Å². The first-order valence-corrected chi connectivity index (χ1v) is 11.1. The quantitative estimate of drug-likeness (QED) is 0.357. The van der Waals surface area contributed by atoms with Gasteiger partial charge in [0.2, 0.25) is 23.6 Å². The number of fused-ring (bicyclic) bond motifs is 1. The Morgan fingerprint density at radius 1 is 0.857 bits per heavy atom. The van der Waals surface area contributed by atoms with E-state index in [9.17, 15) is 28.8 Å². The molecule has 2 unspecified atom stereocenters. The van der Waals surface area contributed by atoms with Crippen LogP contribution in [0.3, 0.4) is 0 Å². The first-order valence-electron chi connectivity index (χ1n) is 11.1. The lowest BCUT2D eigenvalue weighted by atomic mass is 9.88. The van der Waals surface area contributed by atoms with Gasteiger partial charge in [-0.1, -0.05) is 18.2 Å². The first kappa shape index (κ1) is 26.0. The Hall–Kier alpha value is -3.64. The van der Waals surface area contributed by atoms with Gasteiger partial charge < -0.3 is 9.47 Å². The van der Waals surface area contributed by atoms with Crippen molar-refractivity contribution < 1.29 is 38.2 Å². The zero-order chi connectivity index (χ0) is 25.7. The molecule has 2 aliphatic heterocycles. The molecule has 12 nitrogen and oxygen atoms in total. The Labute approximate surface area is 201 Å². The molecule has 2 aliphatic carbocycles. The summed E-state index contributed by atoms with van der Waals surface area (Å²) in [6, 6.07) is 4.76. The number of rotatable bonds is 7. The number of benzene rings is 1. The molecule has 0 spiro atoms. The molecule has 0 saturated carbocycles. The first-order chi connectivity index (χ1) is 16.5. The van der Waals surface area contributed by atoms with Crippen molar-refractivity contribution >= 4 is 35.6 Å². The third-order valence-electron chi connectivity index (χ3n) is 5.81. The molecule has 4 aliphatic rings. The molecule has 0 aromatic carbocycles. The molecule has 0 aromatic rings. The maximum atomic E-state index is 12.1. The Morgan fingerprint density at radius 3 is 1.57 bits per heavy atom. The normalized spacial score (nSPS) is 21.3. The van der Waals surface area contributed by atoms with Gasteiger partial charge in [0, 0.05) is 26.9 Å². The molecule has 4 amide bonds. The Kier molecular flexibility index (Phi) is 8.30. The lowest BCUT2D eigenvalue weighted by Gasteiger charge is -2.37. The van der Waals surface area contributed by atoms with Crippen molar-refractivity contribution in [1.82, 2.24) is 20.4 Å². The fourth-order valence-electron chi connectivity index (χ4n) is 3.90. The molecule has 2 fully saturated rings. The number of hydrogen-bond acceptors (Lipinski definition) is 10. The van der Waals surface area contributed by atoms with Crippen LogP contribution in [0.15, 0.2) is 18.2 Å². The molecule has 35 heavy (non-hydrogen) atoms. The third-order valence-corrected chi connectivity index (χ3v) is 5.81. The van der Waals surface area contributed by atoms with E-state index in [0.29, 0.717) is 0 Å². The molecule has 2 N–H and O–H groups in total. The summed E-state index contributed by atoms with van der Waals surface area (Å²) in [6.07, 6.45) is 0. The van der Waals surface area contributed by atoms with E-state index in [1.54, 1.807) is 0 Å². The van der Waals surface area contributed by atoms with Crippen molar-refractivity contribution in [3.05, 3.63) is 23.8 Å². The number of hydrogen-bond donors (Lipinski definition) is 2. The van der Waals surface area contributed by atoms with Crippen molar-refractivity contribution in [2.75, 3.05) is 39.4 Å². The summed E-state index contributed by atoms with van der Waals surface area (Å²) in [5.74, 6) is -3.34. The van der Waals surface area contributed by atoms with Crippen LogP contribution in [-0.4, -0.2) is 96.8 Å². The SMILES string of the molecule is CC(=O)OCC1C(=O)NC(=O)CN1CCN1CC(=O)NC(=O)C1COC(C)=O.Cc1cc2ccc1-2. The largest absolute Gasteiger partial charge is 0.464 e. The van der Waals surface area contributed by atoms with Crippen molar-refractivity contribution in [1.29, 1.82) is 0 Å². The van der Waals surface area contributed by atoms with Crippen molar-refractivity contribution in [3.8, 4) is 11.1 Å². The average molecular weight is 488 g/mol. The minimum Gasteiger partial charge on any atom is -0.464 e. The Morgan fingerprint density at radius 2 is 1.31 bits per heavy atom. The van der Waals surface area contributed by atoms with Gasteiger partial charge in [-0.15, -0.1) is 0 Å². The standard InChI is InChI=1S/C16H22N4O8.C7H6/c1-9(21)27-7-11-15(25)17-13(23)5-19(11)3-4-20-6-14(24)18-16(26)12(20)8-28-10(2)22;1-5-4-6-2-3-7(5)6/h11-12H,3-8H2,1-2H3,(H,17,23,25)(H,18,24,26);2-4H,1H3. The van der Waals surface area contributed by atoms with Crippen molar-refractivity contribution in [2.24, 2.45) is 0 Å². The van der Waals surface area contributed by atoms with E-state index in [-0.39, 0.29) is 39.4 Å². The topological polar surface area (TPSA) is 151 Å². The van der Waals surface area contributed by atoms with Crippen LogP contribution in [0.25, 0.3) is 11.1 Å². The van der Waals surface area contributed by atoms with Crippen LogP contribution in [0, 0.1) is 6.92 Å². The van der Waals surface area contributed by atoms with E-state index in [2.05, 4.69) is 35.8 Å². The predicted molar refractivity (Wildman–Crippen MR) is 120 cm³/mol. The molecule has 2 heterocycles. The van der Waals surface area contributed by atoms with Gasteiger partial charge in [0.15, 0.2) is 0 Å². The Bertz CT molecular complexity index is 998. The predicted octanol–water partition coefficient (Wildman–Crippen LogP) is -1.26. The smallest absolute Gasteiger partial charge is 0.302 e. The highest BCUT2D eigenvalue weighted by Gasteiger charge is 2.38. The highest BCUT2D eigenvalue weighted by atomic mass is 16.5. The number of piperazine rings is 2. The highest BCUT2D eigenvalue weighted by molar-refractivity contribution is 6.02. The zero-order valence-electron chi connectivity index (χ0n) is 19.8. The van der Waals surface area contributed by atoms with Crippen molar-refractivity contribution in [3.63, 3.8) is 0 Å². The minimum absolute atomic E-state index is 0.111. The van der Waals surface area contributed by atoms with E-state index in [0.717, 1.165) is 0 Å². The van der Waals surface area contributed by atoms with Gasteiger partial charge in [-0.2, -0.15) is 0 Å². The summed E-state index contributed by atoms with van der Waals surface area (Å²) in [4.78, 5) is 72.6. The van der Waals surface area contributed by atoms with Gasteiger partial charge >= 0.3 is 11.9 Å². The summed E-state index contributed by atoms with van der Waals surface area (Å²) >= 11 is 0. The molecule has 0 aromatic heterocycles. The zero-order valence-corrected chi connectivity index (χ0v) is 19.8. The molecular weight excluding hydrogens is 460 g/mol. The third kappa shape index (κ3) is 6.70. The van der Waals surface area contributed by atoms with Crippen molar-refractivity contribution in [2.45, 2.75) is 32.9 Å². The summed E-state index contributed by atoms with van der Waals surface area (Å²) in [7, 11) is 0. The number of nitrogens with one attached hydrogen (secondary N) is 2. The maximum Gasteiger partial charge on any atom is 0.302 e. The maximum absolute atomic E-state index is 12.1. The van der Waals surface area contributed by atoms with Gasteiger partial charge in [0.1, 0.15) is 25.3 Å². The Balaban J connectivity index is 0.000000410. The van der Waals surface area contributed by atoms with Gasteiger partial charge in [-0.25, -0.2) is 0 Å². The van der Waals surface area contributed by atoms with Gasteiger partial charge in [0.05, 0.1) is 13.1 Å². The monoisotopic (exact) mass is 488 g/mol. The fraction of sp³-hybridized carbons (Fsp3) is 0.478. The number of carbonyl (C=O) groups excluding carboxylic acids is 6. The second-order valence-electron chi connectivity index (χ2n) is 8.43. The number of ether oxygens (including phenoxy) is 2. The second-order valence-corrected chi connectivity index (χ2v) is 8.43. The molecule has 2 atom stereocenters. The molecule has 2 saturated heterocycles. The summed E-state index contributed by atoms with van der Waals surface area (Å²) in [5.41, 5.74) is 4.36. The molecule has 4 rings (SSSR count). The van der Waals surface area contributed by atoms with Crippen LogP contribution in [0.4, 0.5) is 0 Å². The van der Waals surface area contributed by atoms with Crippen LogP contribution < -0.4 is 10.6 Å². The van der Waals surface area contributed by atoms with E-state index < -0.39 is 47.7 Å². The lowest BCUT2D eigenvalue weighted by molar-refractivity contribution is -0.152. The van der Waals surface area contributed by atoms with Crippen LogP contribution in [0.1, 0.15) is 19.4 Å². The molecule has 12 heteroatoms. The molecule has 0 radical (unpaired) electrons. The summed E-state index contributed by atoms with van der Waals surface area (Å²) in [6.45, 7) is 4.14. The van der Waals surface area contributed by atoms with Crippen LogP contribution in [-0.2, 0) is 38.2 Å². The van der Waals surface area contributed by atoms with Crippen LogP contribution in [0.5, 0.6) is 0 Å². The van der Waals surface area contributed by atoms with Gasteiger partial charge in [-0.05, 0) is 23.6 Å². The van der Waals surface area contributed by atoms with Crippen LogP contribution in [0.2, 0.25) is 0 Å². The average Bonchev–Trinajstić information content (AvgIpc) is 2.74. The number of carbonyl (C=O) groups is 6. The molecule has 188 valence electrons. The number of imide groups is 2. The number of aryl methyl sites for hydroxylation is 1. The summed E-state index contributed by atoms with van der Waals surface area (Å²) in [5, 5.41) is 4.35. The molecule has 0 bridgehead atoms. The highest BCUT2D eigenvalue weighted by Crippen LogP contribution is 2.35. The number of nitrogens with zero attached hydrogens (tertiary/aromatic N) is 2. The number of amides is 4.